The Kier molecular flexibility index (Phi) is 5.33. The SMILES string of the molecule is COc1ncccc1-c1[nH]c2ccc(C(C)(C)C)cc2c1CCCCN. The molecule has 2 aromatic heterocycles. The molecule has 3 aromatic rings. The second-order valence-corrected chi connectivity index (χ2v) is 7.79. The van der Waals surface area contributed by atoms with E-state index in [1.54, 1.807) is 13.3 Å². The maximum atomic E-state index is 5.72. The molecule has 0 saturated heterocycles. The molecule has 0 aliphatic carbocycles. The Morgan fingerprint density at radius 1 is 1.15 bits per heavy atom. The van der Waals surface area contributed by atoms with Crippen LogP contribution in [-0.4, -0.2) is 23.6 Å². The van der Waals surface area contributed by atoms with Crippen LogP contribution < -0.4 is 10.5 Å². The number of rotatable bonds is 6. The van der Waals surface area contributed by atoms with Gasteiger partial charge in [0.25, 0.3) is 0 Å². The second-order valence-electron chi connectivity index (χ2n) is 7.79. The molecule has 0 spiro atoms. The number of nitrogens with zero attached hydrogens (tertiary/aromatic N) is 1. The Balaban J connectivity index is 2.19. The molecule has 0 saturated carbocycles. The van der Waals surface area contributed by atoms with Crippen molar-refractivity contribution in [3.05, 3.63) is 47.7 Å². The van der Waals surface area contributed by atoms with Gasteiger partial charge in [0.05, 0.1) is 18.4 Å². The number of benzene rings is 1. The highest BCUT2D eigenvalue weighted by Crippen LogP contribution is 2.37. The number of methoxy groups -OCH3 is 1. The number of nitrogens with two attached hydrogens (primary N) is 1. The first-order chi connectivity index (χ1) is 12.5. The molecular weight excluding hydrogens is 322 g/mol. The standard InChI is InChI=1S/C22H29N3O/c1-22(2,3)15-10-11-19-18(14-15)16(8-5-6-12-23)20(25-19)17-9-7-13-24-21(17)26-4/h7,9-11,13-14,25H,5-6,8,12,23H2,1-4H3. The van der Waals surface area contributed by atoms with Gasteiger partial charge in [-0.05, 0) is 66.6 Å². The average Bonchev–Trinajstić information content (AvgIpc) is 2.99. The molecular formula is C22H29N3O. The van der Waals surface area contributed by atoms with Gasteiger partial charge < -0.3 is 15.5 Å². The molecule has 0 bridgehead atoms. The molecule has 138 valence electrons. The van der Waals surface area contributed by atoms with Gasteiger partial charge in [-0.3, -0.25) is 0 Å². The first-order valence-electron chi connectivity index (χ1n) is 9.30. The zero-order valence-electron chi connectivity index (χ0n) is 16.2. The zero-order valence-corrected chi connectivity index (χ0v) is 16.2. The number of fused-ring (bicyclic) bond motifs is 1. The summed E-state index contributed by atoms with van der Waals surface area (Å²) in [5.74, 6) is 0.648. The number of aryl methyl sites for hydroxylation is 1. The first kappa shape index (κ1) is 18.5. The van der Waals surface area contributed by atoms with Crippen LogP contribution in [0.1, 0.15) is 44.7 Å². The summed E-state index contributed by atoms with van der Waals surface area (Å²) in [5, 5.41) is 1.29. The fourth-order valence-electron chi connectivity index (χ4n) is 3.39. The lowest BCUT2D eigenvalue weighted by Crippen LogP contribution is -2.10. The van der Waals surface area contributed by atoms with Crippen LogP contribution in [0.2, 0.25) is 0 Å². The van der Waals surface area contributed by atoms with E-state index < -0.39 is 0 Å². The lowest BCUT2D eigenvalue weighted by molar-refractivity contribution is 0.399. The summed E-state index contributed by atoms with van der Waals surface area (Å²) in [6.45, 7) is 7.47. The average molecular weight is 351 g/mol. The Bertz CT molecular complexity index is 890. The van der Waals surface area contributed by atoms with E-state index in [-0.39, 0.29) is 5.41 Å². The maximum Gasteiger partial charge on any atom is 0.222 e. The van der Waals surface area contributed by atoms with E-state index in [0.29, 0.717) is 5.88 Å². The van der Waals surface area contributed by atoms with Crippen molar-refractivity contribution in [3.8, 4) is 17.1 Å². The third-order valence-electron chi connectivity index (χ3n) is 4.89. The predicted octanol–water partition coefficient (Wildman–Crippen LogP) is 4.82. The normalized spacial score (nSPS) is 11.9. The molecule has 4 nitrogen and oxygen atoms in total. The van der Waals surface area contributed by atoms with Gasteiger partial charge in [-0.1, -0.05) is 26.8 Å². The molecule has 3 rings (SSSR count). The van der Waals surface area contributed by atoms with E-state index in [1.165, 1.54) is 16.5 Å². The topological polar surface area (TPSA) is 63.9 Å². The quantitative estimate of drug-likeness (QED) is 0.626. The van der Waals surface area contributed by atoms with E-state index in [4.69, 9.17) is 10.5 Å². The van der Waals surface area contributed by atoms with Gasteiger partial charge in [0, 0.05) is 17.1 Å². The largest absolute Gasteiger partial charge is 0.481 e. The molecule has 3 N–H and O–H groups in total. The minimum Gasteiger partial charge on any atom is -0.481 e. The van der Waals surface area contributed by atoms with E-state index in [1.807, 2.05) is 6.07 Å². The van der Waals surface area contributed by atoms with Gasteiger partial charge in [-0.25, -0.2) is 4.98 Å². The number of aromatic amines is 1. The minimum absolute atomic E-state index is 0.117. The lowest BCUT2D eigenvalue weighted by Gasteiger charge is -2.19. The molecule has 0 fully saturated rings. The van der Waals surface area contributed by atoms with Crippen LogP contribution in [0, 0.1) is 0 Å². The van der Waals surface area contributed by atoms with Gasteiger partial charge in [0.2, 0.25) is 5.88 Å². The molecule has 26 heavy (non-hydrogen) atoms. The van der Waals surface area contributed by atoms with E-state index in [0.717, 1.165) is 42.6 Å². The van der Waals surface area contributed by atoms with E-state index >= 15 is 0 Å². The van der Waals surface area contributed by atoms with Crippen LogP contribution in [0.5, 0.6) is 5.88 Å². The number of hydrogen-bond acceptors (Lipinski definition) is 3. The number of H-pyrrole nitrogens is 1. The molecule has 0 radical (unpaired) electrons. The number of unbranched alkanes of at least 4 members (excludes halogenated alkanes) is 1. The third kappa shape index (κ3) is 3.61. The van der Waals surface area contributed by atoms with Gasteiger partial charge in [0.15, 0.2) is 0 Å². The second kappa shape index (κ2) is 7.50. The van der Waals surface area contributed by atoms with Crippen molar-refractivity contribution >= 4 is 10.9 Å². The van der Waals surface area contributed by atoms with Gasteiger partial charge in [-0.2, -0.15) is 0 Å². The molecule has 2 heterocycles. The number of hydrogen-bond donors (Lipinski definition) is 2. The van der Waals surface area contributed by atoms with Gasteiger partial charge in [0.1, 0.15) is 0 Å². The van der Waals surface area contributed by atoms with Gasteiger partial charge >= 0.3 is 0 Å². The molecule has 0 aliphatic rings. The van der Waals surface area contributed by atoms with Crippen LogP contribution in [-0.2, 0) is 11.8 Å². The Morgan fingerprint density at radius 3 is 2.65 bits per heavy atom. The number of nitrogens with one attached hydrogen (secondary N) is 1. The minimum atomic E-state index is 0.117. The van der Waals surface area contributed by atoms with Crippen LogP contribution in [0.25, 0.3) is 22.2 Å². The molecule has 0 unspecified atom stereocenters. The molecule has 0 amide bonds. The van der Waals surface area contributed by atoms with E-state index in [9.17, 15) is 0 Å². The Hall–Kier alpha value is -2.33. The fourth-order valence-corrected chi connectivity index (χ4v) is 3.39. The van der Waals surface area contributed by atoms with E-state index in [2.05, 4.69) is 55.0 Å². The van der Waals surface area contributed by atoms with Crippen molar-refractivity contribution in [2.45, 2.75) is 45.4 Å². The Morgan fingerprint density at radius 2 is 1.96 bits per heavy atom. The molecule has 0 aliphatic heterocycles. The van der Waals surface area contributed by atoms with Crippen molar-refractivity contribution in [1.82, 2.24) is 9.97 Å². The highest BCUT2D eigenvalue weighted by molar-refractivity contribution is 5.92. The molecule has 1 aromatic carbocycles. The van der Waals surface area contributed by atoms with Crippen LogP contribution in [0.15, 0.2) is 36.5 Å². The predicted molar refractivity (Wildman–Crippen MR) is 109 cm³/mol. The fraction of sp³-hybridized carbons (Fsp3) is 0.409. The van der Waals surface area contributed by atoms with Crippen LogP contribution >= 0.6 is 0 Å². The smallest absolute Gasteiger partial charge is 0.222 e. The highest BCUT2D eigenvalue weighted by atomic mass is 16.5. The lowest BCUT2D eigenvalue weighted by atomic mass is 9.86. The van der Waals surface area contributed by atoms with Crippen molar-refractivity contribution < 1.29 is 4.74 Å². The van der Waals surface area contributed by atoms with Crippen molar-refractivity contribution in [3.63, 3.8) is 0 Å². The maximum absolute atomic E-state index is 5.72. The monoisotopic (exact) mass is 351 g/mol. The summed E-state index contributed by atoms with van der Waals surface area (Å²) < 4.78 is 5.50. The Labute approximate surface area is 155 Å². The van der Waals surface area contributed by atoms with Crippen LogP contribution in [0.4, 0.5) is 0 Å². The summed E-state index contributed by atoms with van der Waals surface area (Å²) in [4.78, 5) is 7.99. The number of aromatic nitrogens is 2. The van der Waals surface area contributed by atoms with Crippen molar-refractivity contribution in [2.75, 3.05) is 13.7 Å². The van der Waals surface area contributed by atoms with Gasteiger partial charge in [-0.15, -0.1) is 0 Å². The number of pyridine rings is 1. The summed E-state index contributed by atoms with van der Waals surface area (Å²) >= 11 is 0. The zero-order chi connectivity index (χ0) is 18.7. The summed E-state index contributed by atoms with van der Waals surface area (Å²) in [6.07, 6.45) is 4.84. The first-order valence-corrected chi connectivity index (χ1v) is 9.30. The molecule has 4 heteroatoms. The number of ether oxygens (including phenoxy) is 1. The van der Waals surface area contributed by atoms with Crippen molar-refractivity contribution in [2.24, 2.45) is 5.73 Å². The third-order valence-corrected chi connectivity index (χ3v) is 4.89. The van der Waals surface area contributed by atoms with Crippen molar-refractivity contribution in [1.29, 1.82) is 0 Å². The summed E-state index contributed by atoms with van der Waals surface area (Å²) in [7, 11) is 1.67. The summed E-state index contributed by atoms with van der Waals surface area (Å²) in [6, 6.07) is 10.7. The molecule has 0 atom stereocenters. The van der Waals surface area contributed by atoms with Crippen LogP contribution in [0.3, 0.4) is 0 Å². The highest BCUT2D eigenvalue weighted by Gasteiger charge is 2.19. The summed E-state index contributed by atoms with van der Waals surface area (Å²) in [5.41, 5.74) is 11.8.